The van der Waals surface area contributed by atoms with Crippen LogP contribution in [0.1, 0.15) is 5.69 Å². The van der Waals surface area contributed by atoms with E-state index in [0.29, 0.717) is 5.69 Å². The molecule has 19 heavy (non-hydrogen) atoms. The summed E-state index contributed by atoms with van der Waals surface area (Å²) >= 11 is 0. The van der Waals surface area contributed by atoms with Crippen molar-refractivity contribution < 1.29 is 13.3 Å². The lowest BCUT2D eigenvalue weighted by Crippen LogP contribution is -2.06. The van der Waals surface area contributed by atoms with Gasteiger partial charge in [-0.25, -0.2) is 8.42 Å². The molecule has 0 aliphatic rings. The maximum atomic E-state index is 12.0. The first-order valence-electron chi connectivity index (χ1n) is 5.21. The Morgan fingerprint density at radius 3 is 2.37 bits per heavy atom. The van der Waals surface area contributed by atoms with Crippen LogP contribution in [0.4, 0.5) is 5.69 Å². The summed E-state index contributed by atoms with van der Waals surface area (Å²) in [4.78, 5) is 17.6. The number of non-ortho nitro benzene ring substituents is 1. The van der Waals surface area contributed by atoms with Gasteiger partial charge in [-0.3, -0.25) is 20.1 Å². The molecule has 0 amide bonds. The fourth-order valence-corrected chi connectivity index (χ4v) is 2.71. The zero-order valence-electron chi connectivity index (χ0n) is 9.63. The molecule has 2 aromatic rings. The van der Waals surface area contributed by atoms with E-state index in [4.69, 9.17) is 0 Å². The van der Waals surface area contributed by atoms with E-state index in [1.807, 2.05) is 0 Å². The minimum absolute atomic E-state index is 0.0174. The Labute approximate surface area is 109 Å². The third kappa shape index (κ3) is 3.10. The molecule has 0 spiro atoms. The predicted octanol–water partition coefficient (Wildman–Crippen LogP) is 1.36. The lowest BCUT2D eigenvalue weighted by atomic mass is 10.3. The number of hydrogen-bond donors (Lipinski definition) is 0. The summed E-state index contributed by atoms with van der Waals surface area (Å²) in [6, 6.07) is 4.74. The molecule has 1 aromatic heterocycles. The topological polar surface area (TPSA) is 103 Å². The third-order valence-corrected chi connectivity index (χ3v) is 4.03. The molecule has 7 nitrogen and oxygen atoms in total. The number of benzene rings is 1. The van der Waals surface area contributed by atoms with E-state index in [0.717, 1.165) is 12.1 Å². The van der Waals surface area contributed by atoms with Gasteiger partial charge < -0.3 is 0 Å². The van der Waals surface area contributed by atoms with Crippen molar-refractivity contribution in [2.75, 3.05) is 0 Å². The van der Waals surface area contributed by atoms with Gasteiger partial charge in [0, 0.05) is 30.7 Å². The van der Waals surface area contributed by atoms with Gasteiger partial charge in [-0.2, -0.15) is 0 Å². The second-order valence-corrected chi connectivity index (χ2v) is 5.70. The van der Waals surface area contributed by atoms with Gasteiger partial charge in [-0.05, 0) is 12.1 Å². The number of nitro groups is 1. The number of rotatable bonds is 4. The molecule has 0 aliphatic carbocycles. The van der Waals surface area contributed by atoms with Crippen LogP contribution in [0, 0.1) is 10.1 Å². The number of aromatic nitrogens is 2. The van der Waals surface area contributed by atoms with Crippen molar-refractivity contribution in [3.05, 3.63) is 58.7 Å². The number of sulfone groups is 1. The van der Waals surface area contributed by atoms with Gasteiger partial charge in [0.2, 0.25) is 0 Å². The molecule has 0 fully saturated rings. The van der Waals surface area contributed by atoms with E-state index in [1.54, 1.807) is 0 Å². The molecule has 0 unspecified atom stereocenters. The highest BCUT2D eigenvalue weighted by molar-refractivity contribution is 7.90. The maximum Gasteiger partial charge on any atom is 0.269 e. The molecule has 0 radical (unpaired) electrons. The van der Waals surface area contributed by atoms with Crippen LogP contribution in [0.3, 0.4) is 0 Å². The average Bonchev–Trinajstić information content (AvgIpc) is 2.39. The Kier molecular flexibility index (Phi) is 3.52. The van der Waals surface area contributed by atoms with Crippen LogP contribution in [0.15, 0.2) is 47.8 Å². The van der Waals surface area contributed by atoms with E-state index in [-0.39, 0.29) is 16.3 Å². The fraction of sp³-hybridized carbons (Fsp3) is 0.0909. The standard InChI is InChI=1S/C11H9N3O4S/c15-14(16)10-1-3-11(4-2-10)19(17,18)8-9-7-12-5-6-13-9/h1-7H,8H2. The first-order valence-corrected chi connectivity index (χ1v) is 6.86. The van der Waals surface area contributed by atoms with Crippen LogP contribution in [-0.4, -0.2) is 23.3 Å². The van der Waals surface area contributed by atoms with Crippen molar-refractivity contribution >= 4 is 15.5 Å². The minimum Gasteiger partial charge on any atom is -0.261 e. The lowest BCUT2D eigenvalue weighted by Gasteiger charge is -2.03. The summed E-state index contributed by atoms with van der Waals surface area (Å²) in [7, 11) is -3.58. The molecule has 8 heteroatoms. The quantitative estimate of drug-likeness (QED) is 0.618. The molecule has 98 valence electrons. The monoisotopic (exact) mass is 279 g/mol. The van der Waals surface area contributed by atoms with Gasteiger partial charge >= 0.3 is 0 Å². The highest BCUT2D eigenvalue weighted by Gasteiger charge is 2.17. The van der Waals surface area contributed by atoms with Crippen LogP contribution in [0.25, 0.3) is 0 Å². The molecular weight excluding hydrogens is 270 g/mol. The van der Waals surface area contributed by atoms with E-state index >= 15 is 0 Å². The van der Waals surface area contributed by atoms with Gasteiger partial charge in [0.15, 0.2) is 9.84 Å². The van der Waals surface area contributed by atoms with Crippen LogP contribution in [0.2, 0.25) is 0 Å². The van der Waals surface area contributed by atoms with Crippen molar-refractivity contribution in [2.24, 2.45) is 0 Å². The molecule has 0 bridgehead atoms. The van der Waals surface area contributed by atoms with E-state index in [1.165, 1.54) is 30.7 Å². The molecule has 2 rings (SSSR count). The van der Waals surface area contributed by atoms with Crippen molar-refractivity contribution in [1.82, 2.24) is 9.97 Å². The van der Waals surface area contributed by atoms with Gasteiger partial charge in [0.25, 0.3) is 5.69 Å². The predicted molar refractivity (Wildman–Crippen MR) is 66.0 cm³/mol. The van der Waals surface area contributed by atoms with Crippen molar-refractivity contribution in [3.8, 4) is 0 Å². The second kappa shape index (κ2) is 5.11. The Hall–Kier alpha value is -2.35. The van der Waals surface area contributed by atoms with Crippen LogP contribution in [0.5, 0.6) is 0 Å². The first kappa shape index (κ1) is 13.1. The number of nitrogens with zero attached hydrogens (tertiary/aromatic N) is 3. The normalized spacial score (nSPS) is 11.2. The molecule has 0 N–H and O–H groups in total. The number of hydrogen-bond acceptors (Lipinski definition) is 6. The third-order valence-electron chi connectivity index (χ3n) is 2.36. The largest absolute Gasteiger partial charge is 0.269 e. The fourth-order valence-electron chi connectivity index (χ4n) is 1.46. The van der Waals surface area contributed by atoms with E-state index in [2.05, 4.69) is 9.97 Å². The van der Waals surface area contributed by atoms with Crippen LogP contribution < -0.4 is 0 Å². The highest BCUT2D eigenvalue weighted by atomic mass is 32.2. The minimum atomic E-state index is -3.58. The first-order chi connectivity index (χ1) is 8.99. The summed E-state index contributed by atoms with van der Waals surface area (Å²) in [6.07, 6.45) is 4.21. The second-order valence-electron chi connectivity index (χ2n) is 3.71. The van der Waals surface area contributed by atoms with Crippen LogP contribution in [-0.2, 0) is 15.6 Å². The summed E-state index contributed by atoms with van der Waals surface area (Å²) in [5.74, 6) is -0.293. The Morgan fingerprint density at radius 1 is 1.16 bits per heavy atom. The van der Waals surface area contributed by atoms with Crippen molar-refractivity contribution in [2.45, 2.75) is 10.6 Å². The van der Waals surface area contributed by atoms with Crippen molar-refractivity contribution in [1.29, 1.82) is 0 Å². The van der Waals surface area contributed by atoms with E-state index in [9.17, 15) is 18.5 Å². The lowest BCUT2D eigenvalue weighted by molar-refractivity contribution is -0.384. The van der Waals surface area contributed by atoms with Crippen LogP contribution >= 0.6 is 0 Å². The molecule has 0 atom stereocenters. The number of nitro benzene ring substituents is 1. The summed E-state index contributed by atoms with van der Waals surface area (Å²) in [5.41, 5.74) is 0.166. The molecule has 0 saturated carbocycles. The Morgan fingerprint density at radius 2 is 1.84 bits per heavy atom. The summed E-state index contributed by atoms with van der Waals surface area (Å²) < 4.78 is 24.1. The molecule has 1 heterocycles. The zero-order valence-corrected chi connectivity index (χ0v) is 10.4. The molecule has 1 aromatic carbocycles. The Balaban J connectivity index is 2.27. The highest BCUT2D eigenvalue weighted by Crippen LogP contribution is 2.18. The average molecular weight is 279 g/mol. The molecule has 0 aliphatic heterocycles. The van der Waals surface area contributed by atoms with Gasteiger partial charge in [0.1, 0.15) is 0 Å². The molecule has 0 saturated heterocycles. The molecular formula is C11H9N3O4S. The SMILES string of the molecule is O=[N+]([O-])c1ccc(S(=O)(=O)Cc2cnccn2)cc1. The zero-order chi connectivity index (χ0) is 13.9. The summed E-state index contributed by atoms with van der Waals surface area (Å²) in [6.45, 7) is 0. The smallest absolute Gasteiger partial charge is 0.261 e. The summed E-state index contributed by atoms with van der Waals surface area (Å²) in [5, 5.41) is 10.5. The van der Waals surface area contributed by atoms with Crippen molar-refractivity contribution in [3.63, 3.8) is 0 Å². The maximum absolute atomic E-state index is 12.0. The van der Waals surface area contributed by atoms with Gasteiger partial charge in [-0.15, -0.1) is 0 Å². The Bertz CT molecular complexity index is 684. The van der Waals surface area contributed by atoms with E-state index < -0.39 is 14.8 Å². The van der Waals surface area contributed by atoms with Gasteiger partial charge in [0.05, 0.1) is 21.3 Å². The van der Waals surface area contributed by atoms with Gasteiger partial charge in [-0.1, -0.05) is 0 Å².